The van der Waals surface area contributed by atoms with Gasteiger partial charge in [-0.05, 0) is 36.8 Å². The van der Waals surface area contributed by atoms with Crippen LogP contribution >= 0.6 is 0 Å². The van der Waals surface area contributed by atoms with Crippen molar-refractivity contribution in [1.29, 1.82) is 0 Å². The second-order valence-corrected chi connectivity index (χ2v) is 4.16. The summed E-state index contributed by atoms with van der Waals surface area (Å²) in [6.07, 6.45) is 2.88. The third-order valence-corrected chi connectivity index (χ3v) is 2.80. The molecule has 0 fully saturated rings. The molecule has 18 heavy (non-hydrogen) atoms. The van der Waals surface area contributed by atoms with E-state index in [4.69, 9.17) is 10.5 Å². The zero-order chi connectivity index (χ0) is 12.8. The Kier molecular flexibility index (Phi) is 4.25. The van der Waals surface area contributed by atoms with Crippen molar-refractivity contribution >= 4 is 11.4 Å². The number of H-pyrrole nitrogens is 1. The quantitative estimate of drug-likeness (QED) is 0.541. The summed E-state index contributed by atoms with van der Waals surface area (Å²) in [5.41, 5.74) is 9.90. The van der Waals surface area contributed by atoms with Crippen molar-refractivity contribution in [2.45, 2.75) is 6.42 Å². The molecule has 0 aliphatic carbocycles. The fourth-order valence-electron chi connectivity index (χ4n) is 1.85. The average Bonchev–Trinajstić information content (AvgIpc) is 2.90. The molecule has 0 unspecified atom stereocenters. The van der Waals surface area contributed by atoms with Crippen LogP contribution in [0.15, 0.2) is 36.5 Å². The molecular formula is C14H19N3O. The van der Waals surface area contributed by atoms with E-state index < -0.39 is 0 Å². The van der Waals surface area contributed by atoms with Gasteiger partial charge in [-0.3, -0.25) is 0 Å². The van der Waals surface area contributed by atoms with E-state index in [1.54, 1.807) is 7.11 Å². The van der Waals surface area contributed by atoms with E-state index in [0.29, 0.717) is 0 Å². The van der Waals surface area contributed by atoms with Gasteiger partial charge in [-0.2, -0.15) is 0 Å². The molecule has 0 aliphatic rings. The molecule has 4 heteroatoms. The van der Waals surface area contributed by atoms with Crippen LogP contribution in [-0.2, 0) is 4.74 Å². The maximum Gasteiger partial charge on any atom is 0.0479 e. The van der Waals surface area contributed by atoms with Gasteiger partial charge in [0.25, 0.3) is 0 Å². The van der Waals surface area contributed by atoms with Gasteiger partial charge in [-0.25, -0.2) is 0 Å². The van der Waals surface area contributed by atoms with Crippen LogP contribution in [0.2, 0.25) is 0 Å². The van der Waals surface area contributed by atoms with Gasteiger partial charge in [0, 0.05) is 49.1 Å². The lowest BCUT2D eigenvalue weighted by molar-refractivity contribution is 0.198. The van der Waals surface area contributed by atoms with Gasteiger partial charge in [-0.1, -0.05) is 0 Å². The Balaban J connectivity index is 2.07. The smallest absolute Gasteiger partial charge is 0.0479 e. The summed E-state index contributed by atoms with van der Waals surface area (Å²) < 4.78 is 5.02. The Labute approximate surface area is 107 Å². The zero-order valence-electron chi connectivity index (χ0n) is 10.6. The number of nitrogen functional groups attached to an aromatic ring is 1. The Morgan fingerprint density at radius 1 is 1.33 bits per heavy atom. The minimum Gasteiger partial charge on any atom is -0.398 e. The van der Waals surface area contributed by atoms with Crippen LogP contribution in [0.25, 0.3) is 11.3 Å². The standard InChI is InChI=1S/C14H19N3O/c1-18-9-3-8-16-11-5-6-13(15)12(10-11)14-4-2-7-17-14/h2,4-7,10,16-17H,3,8-9,15H2,1H3. The lowest BCUT2D eigenvalue weighted by atomic mass is 10.1. The molecule has 0 saturated carbocycles. The van der Waals surface area contributed by atoms with Crippen molar-refractivity contribution in [3.05, 3.63) is 36.5 Å². The zero-order valence-corrected chi connectivity index (χ0v) is 10.6. The lowest BCUT2D eigenvalue weighted by Gasteiger charge is -2.10. The van der Waals surface area contributed by atoms with Gasteiger partial charge in [0.1, 0.15) is 0 Å². The van der Waals surface area contributed by atoms with E-state index in [0.717, 1.165) is 42.2 Å². The molecule has 0 atom stereocenters. The van der Waals surface area contributed by atoms with Gasteiger partial charge >= 0.3 is 0 Å². The highest BCUT2D eigenvalue weighted by Gasteiger charge is 2.04. The van der Waals surface area contributed by atoms with Crippen LogP contribution < -0.4 is 11.1 Å². The van der Waals surface area contributed by atoms with Crippen LogP contribution in [0.1, 0.15) is 6.42 Å². The Hall–Kier alpha value is -1.94. The summed E-state index contributed by atoms with van der Waals surface area (Å²) in [7, 11) is 1.71. The first-order valence-electron chi connectivity index (χ1n) is 6.07. The maximum absolute atomic E-state index is 5.99. The minimum absolute atomic E-state index is 0.769. The van der Waals surface area contributed by atoms with E-state index in [-0.39, 0.29) is 0 Å². The SMILES string of the molecule is COCCCNc1ccc(N)c(-c2ccc[nH]2)c1. The van der Waals surface area contributed by atoms with Gasteiger partial charge in [0.2, 0.25) is 0 Å². The van der Waals surface area contributed by atoms with Crippen LogP contribution in [-0.4, -0.2) is 25.2 Å². The molecule has 0 bridgehead atoms. The topological polar surface area (TPSA) is 63.1 Å². The van der Waals surface area contributed by atoms with Gasteiger partial charge in [0.05, 0.1) is 0 Å². The summed E-state index contributed by atoms with van der Waals surface area (Å²) in [5, 5.41) is 3.36. The molecule has 1 aromatic heterocycles. The van der Waals surface area contributed by atoms with Crippen LogP contribution in [0.5, 0.6) is 0 Å². The minimum atomic E-state index is 0.769. The van der Waals surface area contributed by atoms with Gasteiger partial charge in [-0.15, -0.1) is 0 Å². The number of aromatic nitrogens is 1. The first-order valence-corrected chi connectivity index (χ1v) is 6.07. The lowest BCUT2D eigenvalue weighted by Crippen LogP contribution is -2.05. The summed E-state index contributed by atoms with van der Waals surface area (Å²) >= 11 is 0. The Morgan fingerprint density at radius 2 is 2.22 bits per heavy atom. The summed E-state index contributed by atoms with van der Waals surface area (Å²) in [6, 6.07) is 9.96. The number of hydrogen-bond acceptors (Lipinski definition) is 3. The third kappa shape index (κ3) is 3.05. The fourth-order valence-corrected chi connectivity index (χ4v) is 1.85. The highest BCUT2D eigenvalue weighted by Crippen LogP contribution is 2.27. The predicted octanol–water partition coefficient (Wildman–Crippen LogP) is 2.71. The summed E-state index contributed by atoms with van der Waals surface area (Å²) in [6.45, 7) is 1.66. The number of methoxy groups -OCH3 is 1. The number of anilines is 2. The number of nitrogens with one attached hydrogen (secondary N) is 2. The van der Waals surface area contributed by atoms with Crippen molar-refractivity contribution in [3.8, 4) is 11.3 Å². The average molecular weight is 245 g/mol. The molecule has 1 aromatic carbocycles. The van der Waals surface area contributed by atoms with E-state index in [2.05, 4.69) is 16.4 Å². The number of aromatic amines is 1. The maximum atomic E-state index is 5.99. The molecule has 4 N–H and O–H groups in total. The Morgan fingerprint density at radius 3 is 2.94 bits per heavy atom. The van der Waals surface area contributed by atoms with Crippen molar-refractivity contribution in [2.75, 3.05) is 31.3 Å². The van der Waals surface area contributed by atoms with Crippen molar-refractivity contribution in [2.24, 2.45) is 0 Å². The van der Waals surface area contributed by atoms with Crippen molar-refractivity contribution < 1.29 is 4.74 Å². The first-order chi connectivity index (χ1) is 8.81. The molecular weight excluding hydrogens is 226 g/mol. The summed E-state index contributed by atoms with van der Waals surface area (Å²) in [4.78, 5) is 3.17. The Bertz CT molecular complexity index is 480. The van der Waals surface area contributed by atoms with Crippen LogP contribution in [0.4, 0.5) is 11.4 Å². The number of hydrogen-bond donors (Lipinski definition) is 3. The van der Waals surface area contributed by atoms with E-state index in [9.17, 15) is 0 Å². The second kappa shape index (κ2) is 6.12. The number of ether oxygens (including phenoxy) is 1. The first kappa shape index (κ1) is 12.5. The molecule has 0 aliphatic heterocycles. The fraction of sp³-hybridized carbons (Fsp3) is 0.286. The van der Waals surface area contributed by atoms with Gasteiger partial charge < -0.3 is 20.8 Å². The van der Waals surface area contributed by atoms with E-state index in [1.807, 2.05) is 30.5 Å². The summed E-state index contributed by atoms with van der Waals surface area (Å²) in [5.74, 6) is 0. The highest BCUT2D eigenvalue weighted by atomic mass is 16.5. The largest absolute Gasteiger partial charge is 0.398 e. The molecule has 0 radical (unpaired) electrons. The van der Waals surface area contributed by atoms with Crippen molar-refractivity contribution in [3.63, 3.8) is 0 Å². The second-order valence-electron chi connectivity index (χ2n) is 4.16. The molecule has 2 rings (SSSR count). The number of rotatable bonds is 6. The third-order valence-electron chi connectivity index (χ3n) is 2.80. The molecule has 0 amide bonds. The molecule has 0 saturated heterocycles. The van der Waals surface area contributed by atoms with Crippen molar-refractivity contribution in [1.82, 2.24) is 4.98 Å². The van der Waals surface area contributed by atoms with Crippen LogP contribution in [0.3, 0.4) is 0 Å². The predicted molar refractivity (Wildman–Crippen MR) is 75.6 cm³/mol. The van der Waals surface area contributed by atoms with Crippen LogP contribution in [0, 0.1) is 0 Å². The number of benzene rings is 1. The molecule has 4 nitrogen and oxygen atoms in total. The highest BCUT2D eigenvalue weighted by molar-refractivity contribution is 5.77. The monoisotopic (exact) mass is 245 g/mol. The molecule has 1 heterocycles. The van der Waals surface area contributed by atoms with E-state index in [1.165, 1.54) is 0 Å². The number of nitrogens with two attached hydrogens (primary N) is 1. The van der Waals surface area contributed by atoms with Gasteiger partial charge in [0.15, 0.2) is 0 Å². The normalized spacial score (nSPS) is 10.5. The molecule has 96 valence electrons. The molecule has 0 spiro atoms. The molecule has 2 aromatic rings. The van der Waals surface area contributed by atoms with E-state index >= 15 is 0 Å².